The third kappa shape index (κ3) is 3.62. The fourth-order valence-electron chi connectivity index (χ4n) is 1.72. The highest BCUT2D eigenvalue weighted by Gasteiger charge is 2.14. The van der Waals surface area contributed by atoms with Gasteiger partial charge in [0.05, 0.1) is 0 Å². The second kappa shape index (κ2) is 6.60. The first-order chi connectivity index (χ1) is 9.09. The van der Waals surface area contributed by atoms with Crippen molar-refractivity contribution < 1.29 is 0 Å². The van der Waals surface area contributed by atoms with Crippen molar-refractivity contribution in [2.45, 2.75) is 30.5 Å². The number of thioether (sulfide) groups is 1. The molecule has 0 fully saturated rings. The molecule has 0 saturated carbocycles. The maximum atomic E-state index is 6.15. The summed E-state index contributed by atoms with van der Waals surface area (Å²) in [5.74, 6) is 1.06. The first-order valence-corrected chi connectivity index (χ1v) is 7.70. The van der Waals surface area contributed by atoms with Crippen molar-refractivity contribution in [2.75, 3.05) is 0 Å². The van der Waals surface area contributed by atoms with Gasteiger partial charge in [0.15, 0.2) is 0 Å². The molecule has 2 aromatic rings. The molecule has 0 N–H and O–H groups in total. The van der Waals surface area contributed by atoms with Crippen LogP contribution in [0.15, 0.2) is 35.6 Å². The maximum Gasteiger partial charge on any atom is 0.137 e. The van der Waals surface area contributed by atoms with Crippen molar-refractivity contribution in [2.24, 2.45) is 0 Å². The van der Waals surface area contributed by atoms with Crippen LogP contribution in [0.4, 0.5) is 0 Å². The second-order valence-corrected chi connectivity index (χ2v) is 6.15. The minimum Gasteiger partial charge on any atom is -0.230 e. The summed E-state index contributed by atoms with van der Waals surface area (Å²) in [6.45, 7) is 4.17. The Morgan fingerprint density at radius 2 is 1.89 bits per heavy atom. The van der Waals surface area contributed by atoms with Crippen LogP contribution in [0, 0.1) is 0 Å². The Labute approximate surface area is 127 Å². The van der Waals surface area contributed by atoms with Gasteiger partial charge in [-0.2, -0.15) is 0 Å². The average molecular weight is 313 g/mol. The zero-order valence-electron chi connectivity index (χ0n) is 10.7. The molecular formula is C14H14Cl2N2S. The lowest BCUT2D eigenvalue weighted by atomic mass is 10.1. The highest BCUT2D eigenvalue weighted by atomic mass is 35.5. The molecule has 2 rings (SSSR count). The van der Waals surface area contributed by atoms with Gasteiger partial charge in [0.25, 0.3) is 0 Å². The van der Waals surface area contributed by atoms with Gasteiger partial charge in [-0.05, 0) is 17.5 Å². The van der Waals surface area contributed by atoms with Gasteiger partial charge in [0.2, 0.25) is 0 Å². The molecule has 5 heteroatoms. The number of nitrogens with zero attached hydrogens (tertiary/aromatic N) is 2. The predicted molar refractivity (Wildman–Crippen MR) is 82.1 cm³/mol. The van der Waals surface area contributed by atoms with E-state index >= 15 is 0 Å². The minimum atomic E-state index is 0.294. The molecule has 0 atom stereocenters. The number of halogens is 2. The average Bonchev–Trinajstić information content (AvgIpc) is 2.37. The molecule has 1 aromatic heterocycles. The summed E-state index contributed by atoms with van der Waals surface area (Å²) in [4.78, 5) is 8.38. The topological polar surface area (TPSA) is 25.8 Å². The fraction of sp³-hybridized carbons (Fsp3) is 0.286. The van der Waals surface area contributed by atoms with E-state index in [2.05, 4.69) is 23.8 Å². The van der Waals surface area contributed by atoms with E-state index in [1.54, 1.807) is 11.8 Å². The van der Waals surface area contributed by atoms with E-state index in [1.165, 1.54) is 6.33 Å². The summed E-state index contributed by atoms with van der Waals surface area (Å²) in [5, 5.41) is 2.24. The van der Waals surface area contributed by atoms with Gasteiger partial charge < -0.3 is 0 Å². The molecule has 0 aliphatic carbocycles. The smallest absolute Gasteiger partial charge is 0.137 e. The Morgan fingerprint density at radius 3 is 2.58 bits per heavy atom. The lowest BCUT2D eigenvalue weighted by Gasteiger charge is -2.12. The van der Waals surface area contributed by atoms with E-state index in [9.17, 15) is 0 Å². The lowest BCUT2D eigenvalue weighted by Crippen LogP contribution is -1.98. The number of benzene rings is 1. The van der Waals surface area contributed by atoms with E-state index in [-0.39, 0.29) is 0 Å². The molecule has 100 valence electrons. The Kier molecular flexibility index (Phi) is 5.08. The number of hydrogen-bond donors (Lipinski definition) is 0. The molecule has 2 nitrogen and oxygen atoms in total. The summed E-state index contributed by atoms with van der Waals surface area (Å²) in [6, 6.07) is 7.83. The van der Waals surface area contributed by atoms with Crippen molar-refractivity contribution in [3.63, 3.8) is 0 Å². The quantitative estimate of drug-likeness (QED) is 0.573. The van der Waals surface area contributed by atoms with Crippen molar-refractivity contribution >= 4 is 35.0 Å². The summed E-state index contributed by atoms with van der Waals surface area (Å²) in [7, 11) is 0. The number of rotatable bonds is 4. The van der Waals surface area contributed by atoms with Gasteiger partial charge in [-0.3, -0.25) is 0 Å². The first-order valence-electron chi connectivity index (χ1n) is 5.96. The summed E-state index contributed by atoms with van der Waals surface area (Å²) < 4.78 is 0. The van der Waals surface area contributed by atoms with Crippen LogP contribution in [-0.4, -0.2) is 9.97 Å². The summed E-state index contributed by atoms with van der Waals surface area (Å²) in [6.07, 6.45) is 1.50. The Hall–Kier alpha value is -0.770. The largest absolute Gasteiger partial charge is 0.230 e. The molecule has 0 amide bonds. The van der Waals surface area contributed by atoms with Crippen LogP contribution in [-0.2, 0) is 5.75 Å². The van der Waals surface area contributed by atoms with Crippen LogP contribution in [0.2, 0.25) is 10.2 Å². The third-order valence-electron chi connectivity index (χ3n) is 2.70. The van der Waals surface area contributed by atoms with E-state index in [1.807, 2.05) is 24.3 Å². The number of hydrogen-bond acceptors (Lipinski definition) is 3. The minimum absolute atomic E-state index is 0.294. The monoisotopic (exact) mass is 312 g/mol. The SMILES string of the molecule is CC(C)c1c(Cl)ncnc1SCc1ccccc1Cl. The zero-order chi connectivity index (χ0) is 13.8. The fourth-order valence-corrected chi connectivity index (χ4v) is 3.56. The van der Waals surface area contributed by atoms with Gasteiger partial charge in [-0.25, -0.2) is 9.97 Å². The Bertz CT molecular complexity index is 573. The molecule has 0 unspecified atom stereocenters. The van der Waals surface area contributed by atoms with Crippen molar-refractivity contribution in [1.82, 2.24) is 9.97 Å². The van der Waals surface area contributed by atoms with Gasteiger partial charge in [0.1, 0.15) is 16.5 Å². The molecule has 19 heavy (non-hydrogen) atoms. The van der Waals surface area contributed by atoms with Crippen molar-refractivity contribution in [3.8, 4) is 0 Å². The Morgan fingerprint density at radius 1 is 1.16 bits per heavy atom. The van der Waals surface area contributed by atoms with E-state index in [4.69, 9.17) is 23.2 Å². The van der Waals surface area contributed by atoms with E-state index in [0.717, 1.165) is 26.9 Å². The first kappa shape index (κ1) is 14.6. The summed E-state index contributed by atoms with van der Waals surface area (Å²) >= 11 is 13.9. The van der Waals surface area contributed by atoms with Crippen molar-refractivity contribution in [1.29, 1.82) is 0 Å². The lowest BCUT2D eigenvalue weighted by molar-refractivity contribution is 0.803. The Balaban J connectivity index is 2.21. The van der Waals surface area contributed by atoms with Crippen LogP contribution in [0.1, 0.15) is 30.9 Å². The highest BCUT2D eigenvalue weighted by Crippen LogP contribution is 2.33. The molecule has 0 spiro atoms. The molecular weight excluding hydrogens is 299 g/mol. The molecule has 0 aliphatic rings. The predicted octanol–water partition coefficient (Wildman–Crippen LogP) is 5.20. The van der Waals surface area contributed by atoms with Crippen molar-refractivity contribution in [3.05, 3.63) is 51.9 Å². The summed E-state index contributed by atoms with van der Waals surface area (Å²) in [5.41, 5.74) is 2.10. The van der Waals surface area contributed by atoms with Crippen LogP contribution >= 0.6 is 35.0 Å². The van der Waals surface area contributed by atoms with Gasteiger partial charge in [-0.15, -0.1) is 11.8 Å². The number of aromatic nitrogens is 2. The van der Waals surface area contributed by atoms with E-state index in [0.29, 0.717) is 11.1 Å². The van der Waals surface area contributed by atoms with Crippen LogP contribution < -0.4 is 0 Å². The highest BCUT2D eigenvalue weighted by molar-refractivity contribution is 7.98. The van der Waals surface area contributed by atoms with E-state index < -0.39 is 0 Å². The van der Waals surface area contributed by atoms with Crippen LogP contribution in [0.5, 0.6) is 0 Å². The molecule has 0 aliphatic heterocycles. The molecule has 0 radical (unpaired) electrons. The standard InChI is InChI=1S/C14H14Cl2N2S/c1-9(2)12-13(16)17-8-18-14(12)19-7-10-5-3-4-6-11(10)15/h3-6,8-9H,7H2,1-2H3. The maximum absolute atomic E-state index is 6.15. The molecule has 0 saturated heterocycles. The third-order valence-corrected chi connectivity index (χ3v) is 4.42. The van der Waals surface area contributed by atoms with Gasteiger partial charge in [-0.1, -0.05) is 55.2 Å². The van der Waals surface area contributed by atoms with Gasteiger partial charge in [0, 0.05) is 16.3 Å². The zero-order valence-corrected chi connectivity index (χ0v) is 13.1. The second-order valence-electron chi connectivity index (χ2n) is 4.42. The normalized spacial score (nSPS) is 11.0. The van der Waals surface area contributed by atoms with Crippen LogP contribution in [0.25, 0.3) is 0 Å². The molecule has 1 heterocycles. The molecule has 0 bridgehead atoms. The van der Waals surface area contributed by atoms with Gasteiger partial charge >= 0.3 is 0 Å². The van der Waals surface area contributed by atoms with Crippen LogP contribution in [0.3, 0.4) is 0 Å². The molecule has 1 aromatic carbocycles.